The zero-order chi connectivity index (χ0) is 13.7. The standard InChI is InChI=1S/C12H15N5OS/c1-8-16-10(7-19-8)3-5-15-12(18)9-2-4-14-11(6-9)17-13/h2,4,6-7H,3,5,13H2,1H3,(H,14,17)(H,15,18). The second kappa shape index (κ2) is 6.26. The summed E-state index contributed by atoms with van der Waals surface area (Å²) in [6.07, 6.45) is 2.26. The molecule has 4 N–H and O–H groups in total. The van der Waals surface area contributed by atoms with Crippen LogP contribution in [-0.2, 0) is 6.42 Å². The van der Waals surface area contributed by atoms with Crippen LogP contribution in [0.4, 0.5) is 5.82 Å². The summed E-state index contributed by atoms with van der Waals surface area (Å²) >= 11 is 1.61. The summed E-state index contributed by atoms with van der Waals surface area (Å²) in [5.41, 5.74) is 3.93. The molecule has 1 amide bonds. The Bertz CT molecular complexity index is 569. The molecule has 2 heterocycles. The number of aryl methyl sites for hydroxylation is 1. The maximum absolute atomic E-state index is 11.9. The van der Waals surface area contributed by atoms with E-state index in [1.165, 1.54) is 6.20 Å². The minimum atomic E-state index is -0.147. The Balaban J connectivity index is 1.87. The Hall–Kier alpha value is -1.99. The fourth-order valence-electron chi connectivity index (χ4n) is 1.58. The lowest BCUT2D eigenvalue weighted by molar-refractivity contribution is 0.0954. The van der Waals surface area contributed by atoms with Crippen molar-refractivity contribution in [3.63, 3.8) is 0 Å². The van der Waals surface area contributed by atoms with Gasteiger partial charge in [-0.25, -0.2) is 15.8 Å². The lowest BCUT2D eigenvalue weighted by Gasteiger charge is -2.05. The summed E-state index contributed by atoms with van der Waals surface area (Å²) in [6.45, 7) is 2.51. The van der Waals surface area contributed by atoms with Crippen molar-refractivity contribution >= 4 is 23.1 Å². The number of nitrogen functional groups attached to an aromatic ring is 1. The van der Waals surface area contributed by atoms with Gasteiger partial charge in [-0.3, -0.25) is 4.79 Å². The first kappa shape index (κ1) is 13.4. The molecular weight excluding hydrogens is 262 g/mol. The number of carbonyl (C=O) groups is 1. The van der Waals surface area contributed by atoms with Crippen LogP contribution in [0.15, 0.2) is 23.7 Å². The van der Waals surface area contributed by atoms with Gasteiger partial charge >= 0.3 is 0 Å². The third-order valence-corrected chi connectivity index (χ3v) is 3.33. The Morgan fingerprint density at radius 3 is 3.05 bits per heavy atom. The number of hydrogen-bond donors (Lipinski definition) is 3. The summed E-state index contributed by atoms with van der Waals surface area (Å²) in [5, 5.41) is 5.88. The van der Waals surface area contributed by atoms with Crippen molar-refractivity contribution in [1.29, 1.82) is 0 Å². The van der Waals surface area contributed by atoms with E-state index in [-0.39, 0.29) is 5.91 Å². The Morgan fingerprint density at radius 2 is 2.37 bits per heavy atom. The average Bonchev–Trinajstić information content (AvgIpc) is 2.84. The summed E-state index contributed by atoms with van der Waals surface area (Å²) in [5.74, 6) is 5.56. The van der Waals surface area contributed by atoms with Gasteiger partial charge in [0.15, 0.2) is 0 Å². The zero-order valence-corrected chi connectivity index (χ0v) is 11.3. The molecule has 0 saturated heterocycles. The molecule has 19 heavy (non-hydrogen) atoms. The van der Waals surface area contributed by atoms with Crippen molar-refractivity contribution < 1.29 is 4.79 Å². The molecule has 2 aromatic rings. The minimum Gasteiger partial charge on any atom is -0.352 e. The van der Waals surface area contributed by atoms with Crippen molar-refractivity contribution in [1.82, 2.24) is 15.3 Å². The third kappa shape index (κ3) is 3.73. The highest BCUT2D eigenvalue weighted by Gasteiger charge is 2.06. The minimum absolute atomic E-state index is 0.147. The first-order valence-electron chi connectivity index (χ1n) is 5.81. The molecule has 0 aliphatic carbocycles. The van der Waals surface area contributed by atoms with E-state index in [1.807, 2.05) is 12.3 Å². The first-order chi connectivity index (χ1) is 9.19. The number of hydrogen-bond acceptors (Lipinski definition) is 6. The van der Waals surface area contributed by atoms with Crippen molar-refractivity contribution in [3.05, 3.63) is 40.0 Å². The number of anilines is 1. The van der Waals surface area contributed by atoms with E-state index in [0.29, 0.717) is 17.9 Å². The fraction of sp³-hybridized carbons (Fsp3) is 0.250. The summed E-state index contributed by atoms with van der Waals surface area (Å²) in [7, 11) is 0. The predicted octanol–water partition coefficient (Wildman–Crippen LogP) is 1.10. The van der Waals surface area contributed by atoms with E-state index in [4.69, 9.17) is 5.84 Å². The molecule has 0 aromatic carbocycles. The third-order valence-electron chi connectivity index (χ3n) is 2.50. The molecule has 0 atom stereocenters. The van der Waals surface area contributed by atoms with E-state index in [2.05, 4.69) is 20.7 Å². The highest BCUT2D eigenvalue weighted by molar-refractivity contribution is 7.09. The average molecular weight is 277 g/mol. The van der Waals surface area contributed by atoms with Crippen molar-refractivity contribution in [2.24, 2.45) is 5.84 Å². The second-order valence-electron chi connectivity index (χ2n) is 3.94. The van der Waals surface area contributed by atoms with E-state index >= 15 is 0 Å². The number of aromatic nitrogens is 2. The molecule has 0 radical (unpaired) electrons. The molecule has 0 spiro atoms. The van der Waals surface area contributed by atoms with Gasteiger partial charge in [-0.2, -0.15) is 0 Å². The Kier molecular flexibility index (Phi) is 4.43. The van der Waals surface area contributed by atoms with Gasteiger partial charge in [-0.15, -0.1) is 11.3 Å². The first-order valence-corrected chi connectivity index (χ1v) is 6.69. The highest BCUT2D eigenvalue weighted by Crippen LogP contribution is 2.08. The highest BCUT2D eigenvalue weighted by atomic mass is 32.1. The normalized spacial score (nSPS) is 10.2. The predicted molar refractivity (Wildman–Crippen MR) is 74.9 cm³/mol. The van der Waals surface area contributed by atoms with Crippen LogP contribution in [0.5, 0.6) is 0 Å². The number of nitrogens with zero attached hydrogens (tertiary/aromatic N) is 2. The van der Waals surface area contributed by atoms with E-state index in [9.17, 15) is 4.79 Å². The van der Waals surface area contributed by atoms with Crippen LogP contribution in [-0.4, -0.2) is 22.4 Å². The van der Waals surface area contributed by atoms with Gasteiger partial charge < -0.3 is 10.7 Å². The number of rotatable bonds is 5. The largest absolute Gasteiger partial charge is 0.352 e. The van der Waals surface area contributed by atoms with Crippen LogP contribution in [0, 0.1) is 6.92 Å². The number of nitrogens with one attached hydrogen (secondary N) is 2. The van der Waals surface area contributed by atoms with Gasteiger partial charge in [0.05, 0.1) is 10.7 Å². The van der Waals surface area contributed by atoms with Gasteiger partial charge in [-0.1, -0.05) is 0 Å². The summed E-state index contributed by atoms with van der Waals surface area (Å²) < 4.78 is 0. The SMILES string of the molecule is Cc1nc(CCNC(=O)c2ccnc(NN)c2)cs1. The summed E-state index contributed by atoms with van der Waals surface area (Å²) in [4.78, 5) is 20.2. The molecular formula is C12H15N5OS. The topological polar surface area (TPSA) is 92.9 Å². The molecule has 0 unspecified atom stereocenters. The smallest absolute Gasteiger partial charge is 0.251 e. The van der Waals surface area contributed by atoms with Crippen LogP contribution >= 0.6 is 11.3 Å². The molecule has 0 aliphatic heterocycles. The van der Waals surface area contributed by atoms with E-state index in [0.717, 1.165) is 17.1 Å². The molecule has 0 aliphatic rings. The zero-order valence-electron chi connectivity index (χ0n) is 10.5. The molecule has 100 valence electrons. The van der Waals surface area contributed by atoms with Crippen LogP contribution in [0.25, 0.3) is 0 Å². The van der Waals surface area contributed by atoms with Crippen molar-refractivity contribution in [2.45, 2.75) is 13.3 Å². The molecule has 6 nitrogen and oxygen atoms in total. The molecule has 2 rings (SSSR count). The monoisotopic (exact) mass is 277 g/mol. The molecule has 2 aromatic heterocycles. The molecule has 7 heteroatoms. The maximum atomic E-state index is 11.9. The molecule has 0 bridgehead atoms. The second-order valence-corrected chi connectivity index (χ2v) is 5.00. The van der Waals surface area contributed by atoms with Crippen LogP contribution < -0.4 is 16.6 Å². The van der Waals surface area contributed by atoms with Gasteiger partial charge in [0.2, 0.25) is 0 Å². The van der Waals surface area contributed by atoms with Gasteiger partial charge in [-0.05, 0) is 19.1 Å². The number of pyridine rings is 1. The molecule has 0 fully saturated rings. The maximum Gasteiger partial charge on any atom is 0.251 e. The molecule has 0 saturated carbocycles. The van der Waals surface area contributed by atoms with E-state index in [1.54, 1.807) is 23.5 Å². The van der Waals surface area contributed by atoms with Gasteiger partial charge in [0.1, 0.15) is 5.82 Å². The van der Waals surface area contributed by atoms with Crippen molar-refractivity contribution in [3.8, 4) is 0 Å². The van der Waals surface area contributed by atoms with Gasteiger partial charge in [0, 0.05) is 30.1 Å². The number of hydrazine groups is 1. The number of nitrogens with two attached hydrogens (primary N) is 1. The number of carbonyl (C=O) groups excluding carboxylic acids is 1. The quantitative estimate of drug-likeness (QED) is 0.562. The number of amides is 1. The Labute approximate surface area is 115 Å². The lowest BCUT2D eigenvalue weighted by atomic mass is 10.2. The number of thiazole rings is 1. The fourth-order valence-corrected chi connectivity index (χ4v) is 2.23. The van der Waals surface area contributed by atoms with Crippen LogP contribution in [0.1, 0.15) is 21.1 Å². The van der Waals surface area contributed by atoms with Crippen LogP contribution in [0.3, 0.4) is 0 Å². The van der Waals surface area contributed by atoms with Crippen LogP contribution in [0.2, 0.25) is 0 Å². The lowest BCUT2D eigenvalue weighted by Crippen LogP contribution is -2.26. The van der Waals surface area contributed by atoms with Crippen molar-refractivity contribution in [2.75, 3.05) is 12.0 Å². The summed E-state index contributed by atoms with van der Waals surface area (Å²) in [6, 6.07) is 3.24. The van der Waals surface area contributed by atoms with Gasteiger partial charge in [0.25, 0.3) is 5.91 Å². The van der Waals surface area contributed by atoms with E-state index < -0.39 is 0 Å². The Morgan fingerprint density at radius 1 is 1.53 bits per heavy atom.